The zero-order valence-electron chi connectivity index (χ0n) is 11.3. The molecule has 1 aromatic heterocycles. The molecule has 1 rings (SSSR count). The van der Waals surface area contributed by atoms with E-state index in [1.807, 2.05) is 6.92 Å². The maximum atomic E-state index is 12.1. The highest BCUT2D eigenvalue weighted by molar-refractivity contribution is 6.32. The molecular formula is C12H16ClN3O4. The number of hydrogen-bond acceptors (Lipinski definition) is 5. The molecule has 8 heteroatoms. The molecule has 1 atom stereocenters. The number of halogens is 1. The SMILES string of the molecule is CCCC(COC)NC(=O)c1ccnc(Cl)c1[N+](=O)[O-]. The maximum absolute atomic E-state index is 12.1. The van der Waals surface area contributed by atoms with Gasteiger partial charge in [-0.3, -0.25) is 14.9 Å². The largest absolute Gasteiger partial charge is 0.383 e. The van der Waals surface area contributed by atoms with E-state index >= 15 is 0 Å². The highest BCUT2D eigenvalue weighted by Gasteiger charge is 2.26. The summed E-state index contributed by atoms with van der Waals surface area (Å²) < 4.78 is 5.01. The normalized spacial score (nSPS) is 11.9. The highest BCUT2D eigenvalue weighted by Crippen LogP contribution is 2.25. The van der Waals surface area contributed by atoms with Crippen LogP contribution in [-0.4, -0.2) is 35.6 Å². The minimum atomic E-state index is -0.713. The molecule has 7 nitrogen and oxygen atoms in total. The summed E-state index contributed by atoms with van der Waals surface area (Å²) in [5.74, 6) is -0.559. The summed E-state index contributed by atoms with van der Waals surface area (Å²) in [6.45, 7) is 2.31. The molecule has 0 saturated heterocycles. The van der Waals surface area contributed by atoms with Gasteiger partial charge in [0.1, 0.15) is 5.56 Å². The molecule has 0 aliphatic rings. The number of pyridine rings is 1. The Kier molecular flexibility index (Phi) is 6.33. The number of hydrogen-bond donors (Lipinski definition) is 1. The van der Waals surface area contributed by atoms with Crippen LogP contribution >= 0.6 is 11.6 Å². The Labute approximate surface area is 121 Å². The number of ether oxygens (including phenoxy) is 1. The van der Waals surface area contributed by atoms with Crippen LogP contribution in [0, 0.1) is 10.1 Å². The van der Waals surface area contributed by atoms with Crippen molar-refractivity contribution >= 4 is 23.2 Å². The van der Waals surface area contributed by atoms with Gasteiger partial charge in [0.15, 0.2) is 0 Å². The van der Waals surface area contributed by atoms with Crippen LogP contribution < -0.4 is 5.32 Å². The number of rotatable bonds is 7. The molecule has 1 aromatic rings. The summed E-state index contributed by atoms with van der Waals surface area (Å²) >= 11 is 5.67. The third-order valence-electron chi connectivity index (χ3n) is 2.65. The van der Waals surface area contributed by atoms with Gasteiger partial charge in [0.2, 0.25) is 5.15 Å². The van der Waals surface area contributed by atoms with Crippen LogP contribution in [0.4, 0.5) is 5.69 Å². The fraction of sp³-hybridized carbons (Fsp3) is 0.500. The van der Waals surface area contributed by atoms with E-state index in [4.69, 9.17) is 16.3 Å². The van der Waals surface area contributed by atoms with Crippen LogP contribution in [0.15, 0.2) is 12.3 Å². The lowest BCUT2D eigenvalue weighted by Gasteiger charge is -2.17. The molecule has 0 fully saturated rings. The average molecular weight is 302 g/mol. The summed E-state index contributed by atoms with van der Waals surface area (Å²) in [7, 11) is 1.53. The van der Waals surface area contributed by atoms with E-state index in [9.17, 15) is 14.9 Å². The van der Waals surface area contributed by atoms with Gasteiger partial charge in [-0.2, -0.15) is 0 Å². The van der Waals surface area contributed by atoms with Crippen molar-refractivity contribution in [3.8, 4) is 0 Å². The molecule has 1 N–H and O–H groups in total. The van der Waals surface area contributed by atoms with Crippen molar-refractivity contribution in [3.05, 3.63) is 33.1 Å². The van der Waals surface area contributed by atoms with Crippen LogP contribution in [0.3, 0.4) is 0 Å². The second-order valence-corrected chi connectivity index (χ2v) is 4.53. The van der Waals surface area contributed by atoms with Crippen molar-refractivity contribution in [1.82, 2.24) is 10.3 Å². The van der Waals surface area contributed by atoms with Crippen molar-refractivity contribution in [2.24, 2.45) is 0 Å². The fourth-order valence-electron chi connectivity index (χ4n) is 1.80. The lowest BCUT2D eigenvalue weighted by Crippen LogP contribution is -2.38. The number of carbonyl (C=O) groups excluding carboxylic acids is 1. The molecule has 0 radical (unpaired) electrons. The molecule has 0 bridgehead atoms. The van der Waals surface area contributed by atoms with Gasteiger partial charge >= 0.3 is 5.69 Å². The van der Waals surface area contributed by atoms with Crippen molar-refractivity contribution < 1.29 is 14.5 Å². The molecule has 20 heavy (non-hydrogen) atoms. The predicted molar refractivity (Wildman–Crippen MR) is 73.9 cm³/mol. The molecular weight excluding hydrogens is 286 g/mol. The molecule has 0 aliphatic carbocycles. The molecule has 1 amide bonds. The summed E-state index contributed by atoms with van der Waals surface area (Å²) in [4.78, 5) is 26.0. The van der Waals surface area contributed by atoms with Gasteiger partial charge in [-0.05, 0) is 12.5 Å². The van der Waals surface area contributed by atoms with Crippen LogP contribution in [0.5, 0.6) is 0 Å². The van der Waals surface area contributed by atoms with Crippen LogP contribution in [-0.2, 0) is 4.74 Å². The standard InChI is InChI=1S/C12H16ClN3O4/c1-3-4-8(7-20-2)15-12(17)9-5-6-14-11(13)10(9)16(18)19/h5-6,8H,3-4,7H2,1-2H3,(H,15,17). The number of nitro groups is 1. The number of aromatic nitrogens is 1. The first kappa shape index (κ1) is 16.3. The van der Waals surface area contributed by atoms with E-state index in [0.29, 0.717) is 13.0 Å². The molecule has 0 aromatic carbocycles. The second-order valence-electron chi connectivity index (χ2n) is 4.17. The Morgan fingerprint density at radius 3 is 2.90 bits per heavy atom. The van der Waals surface area contributed by atoms with Gasteiger partial charge in [-0.15, -0.1) is 0 Å². The van der Waals surface area contributed by atoms with E-state index in [1.165, 1.54) is 19.4 Å². The third-order valence-corrected chi connectivity index (χ3v) is 2.92. The van der Waals surface area contributed by atoms with E-state index in [0.717, 1.165) is 6.42 Å². The minimum Gasteiger partial charge on any atom is -0.383 e. The monoisotopic (exact) mass is 301 g/mol. The Bertz CT molecular complexity index is 490. The molecule has 1 heterocycles. The lowest BCUT2D eigenvalue weighted by atomic mass is 10.1. The van der Waals surface area contributed by atoms with Crippen LogP contribution in [0.1, 0.15) is 30.1 Å². The Morgan fingerprint density at radius 2 is 2.35 bits per heavy atom. The Balaban J connectivity index is 2.97. The summed E-state index contributed by atoms with van der Waals surface area (Å²) in [6, 6.07) is 1.07. The Morgan fingerprint density at radius 1 is 1.65 bits per heavy atom. The van der Waals surface area contributed by atoms with Crippen molar-refractivity contribution in [2.75, 3.05) is 13.7 Å². The van der Waals surface area contributed by atoms with Gasteiger partial charge in [-0.1, -0.05) is 24.9 Å². The Hall–Kier alpha value is -1.73. The number of amides is 1. The zero-order chi connectivity index (χ0) is 15.1. The zero-order valence-corrected chi connectivity index (χ0v) is 12.0. The van der Waals surface area contributed by atoms with Crippen molar-refractivity contribution in [1.29, 1.82) is 0 Å². The average Bonchev–Trinajstić information content (AvgIpc) is 2.38. The molecule has 0 saturated carbocycles. The van der Waals surface area contributed by atoms with Gasteiger partial charge in [0.05, 0.1) is 17.6 Å². The van der Waals surface area contributed by atoms with Crippen molar-refractivity contribution in [2.45, 2.75) is 25.8 Å². The lowest BCUT2D eigenvalue weighted by molar-refractivity contribution is -0.385. The van der Waals surface area contributed by atoms with E-state index in [1.54, 1.807) is 0 Å². The molecule has 0 spiro atoms. The van der Waals surface area contributed by atoms with Gasteiger partial charge in [0.25, 0.3) is 5.91 Å². The first-order chi connectivity index (χ1) is 9.51. The quantitative estimate of drug-likeness (QED) is 0.473. The van der Waals surface area contributed by atoms with Gasteiger partial charge in [0, 0.05) is 13.3 Å². The third kappa shape index (κ3) is 4.14. The molecule has 1 unspecified atom stereocenters. The van der Waals surface area contributed by atoms with Crippen molar-refractivity contribution in [3.63, 3.8) is 0 Å². The number of nitrogens with one attached hydrogen (secondary N) is 1. The number of nitrogens with zero attached hydrogens (tertiary/aromatic N) is 2. The highest BCUT2D eigenvalue weighted by atomic mass is 35.5. The topological polar surface area (TPSA) is 94.4 Å². The summed E-state index contributed by atoms with van der Waals surface area (Å²) in [5.41, 5.74) is -0.591. The number of carbonyl (C=O) groups is 1. The first-order valence-electron chi connectivity index (χ1n) is 6.09. The van der Waals surface area contributed by atoms with E-state index in [2.05, 4.69) is 10.3 Å². The van der Waals surface area contributed by atoms with E-state index < -0.39 is 16.5 Å². The maximum Gasteiger partial charge on any atom is 0.319 e. The predicted octanol–water partition coefficient (Wildman–Crippen LogP) is 2.19. The van der Waals surface area contributed by atoms with E-state index in [-0.39, 0.29) is 16.8 Å². The fourth-order valence-corrected chi connectivity index (χ4v) is 2.02. The van der Waals surface area contributed by atoms with Gasteiger partial charge in [-0.25, -0.2) is 4.98 Å². The smallest absolute Gasteiger partial charge is 0.319 e. The van der Waals surface area contributed by atoms with Crippen LogP contribution in [0.2, 0.25) is 5.15 Å². The molecule has 0 aliphatic heterocycles. The summed E-state index contributed by atoms with van der Waals surface area (Å²) in [6.07, 6.45) is 2.83. The molecule has 110 valence electrons. The summed E-state index contributed by atoms with van der Waals surface area (Å²) in [5, 5.41) is 13.4. The number of methoxy groups -OCH3 is 1. The minimum absolute atomic E-state index is 0.104. The van der Waals surface area contributed by atoms with Crippen LogP contribution in [0.25, 0.3) is 0 Å². The van der Waals surface area contributed by atoms with Gasteiger partial charge < -0.3 is 10.1 Å². The first-order valence-corrected chi connectivity index (χ1v) is 6.47. The second kappa shape index (κ2) is 7.76.